The number of ether oxygens (including phenoxy) is 4. The van der Waals surface area contributed by atoms with E-state index in [4.69, 9.17) is 139 Å². The Morgan fingerprint density at radius 2 is 0.864 bits per heavy atom. The summed E-state index contributed by atoms with van der Waals surface area (Å²) < 4.78 is 69.6. The highest BCUT2D eigenvalue weighted by atomic mass is 31.2. The summed E-state index contributed by atoms with van der Waals surface area (Å²) in [6, 6.07) is 11.9. The average molecular weight is 1910 g/mol. The van der Waals surface area contributed by atoms with Crippen molar-refractivity contribution in [2.24, 2.45) is 17.2 Å². The number of nitrogens with zero attached hydrogens (tertiary/aromatic N) is 14. The summed E-state index contributed by atoms with van der Waals surface area (Å²) in [6.45, 7) is -0.549. The Bertz CT molecular complexity index is 5950. The SMILES string of the molecule is NCCc1ccc(O)c(O)c1.NC[C@H](O)c1ccc(O)c(O)c1.N[C@@H](Cc1ccc(O)c(O)c1)C(=O)O.Nc1nc2c(ncn2[C@@H]2O[C@@H]3COP(=O)(O)O[C@H]3[C@H]2O)c(=O)[nH]1.Nc1ncnc2c1ncn2[C@@H]1O[C@@H]2COP(=O)(O)O[C@H]2[C@H]1O.Nc1ncnc2c1ncn2[C@@H]1O[C@H](CO)[C@@H](O)[C@H]1O.O=c1[nH]cnc2c1ncn2[C@@H]1O[C@H](CO)[C@@H](O)[C@H]1O.OC1C(O)C(O)C(O)C(O)C1O. The number of aliphatic hydroxyl groups is 15. The van der Waals surface area contributed by atoms with Crippen LogP contribution in [-0.4, -0.2) is 362 Å². The van der Waals surface area contributed by atoms with Gasteiger partial charge in [-0.15, -0.1) is 0 Å². The van der Waals surface area contributed by atoms with Crippen molar-refractivity contribution in [3.8, 4) is 34.5 Å². The maximum absolute atomic E-state index is 11.8. The maximum Gasteiger partial charge on any atom is 0.472 e. The van der Waals surface area contributed by atoms with Crippen molar-refractivity contribution in [1.82, 2.24) is 78.1 Å². The van der Waals surface area contributed by atoms with Crippen LogP contribution in [0.2, 0.25) is 0 Å². The maximum atomic E-state index is 11.8. The molecule has 0 radical (unpaired) electrons. The van der Waals surface area contributed by atoms with Gasteiger partial charge >= 0.3 is 21.6 Å². The quantitative estimate of drug-likeness (QED) is 0.0376. The average Bonchev–Trinajstić information content (AvgIpc) is 1.60. The van der Waals surface area contributed by atoms with Crippen LogP contribution in [0.5, 0.6) is 34.5 Å². The highest BCUT2D eigenvalue weighted by Gasteiger charge is 2.55. The Balaban J connectivity index is 0.000000148. The van der Waals surface area contributed by atoms with Gasteiger partial charge < -0.3 is 180 Å². The van der Waals surface area contributed by atoms with Gasteiger partial charge in [-0.1, -0.05) is 18.2 Å². The second kappa shape index (κ2) is 43.0. The van der Waals surface area contributed by atoms with Crippen molar-refractivity contribution < 1.29 is 173 Å². The molecule has 0 amide bonds. The number of anilines is 3. The fraction of sp³-hybridized carbons (Fsp3) is 0.451. The normalized spacial score (nSPS) is 30.2. The summed E-state index contributed by atoms with van der Waals surface area (Å²) in [4.78, 5) is 96.7. The third-order valence-electron chi connectivity index (χ3n) is 20.6. The number of nitrogens with one attached hydrogen (secondary N) is 2. The Morgan fingerprint density at radius 3 is 1.27 bits per heavy atom. The van der Waals surface area contributed by atoms with Crippen LogP contribution < -0.4 is 45.5 Å². The van der Waals surface area contributed by atoms with Gasteiger partial charge in [-0.3, -0.25) is 55.7 Å². The van der Waals surface area contributed by atoms with E-state index in [1.807, 2.05) is 0 Å². The first kappa shape index (κ1) is 101. The molecule has 18 rings (SSSR count). The Kier molecular flexibility index (Phi) is 32.9. The van der Waals surface area contributed by atoms with Crippen LogP contribution in [0, 0.1) is 0 Å². The third-order valence-corrected chi connectivity index (χ3v) is 22.6. The minimum atomic E-state index is -4.22. The number of phenolic OH excluding ortho intramolecular Hbond substituents is 6. The van der Waals surface area contributed by atoms with Crippen molar-refractivity contribution >= 4 is 83.9 Å². The highest BCUT2D eigenvalue weighted by Crippen LogP contribution is 2.54. The molecule has 7 fully saturated rings. The molecule has 1 aliphatic carbocycles. The van der Waals surface area contributed by atoms with E-state index in [-0.39, 0.29) is 101 Å². The monoisotopic (exact) mass is 1910 g/mol. The Hall–Kier alpha value is -11.5. The molecular formula is C71H94N22O37P2. The molecule has 7 aliphatic rings. The molecule has 0 spiro atoms. The molecule has 3 aromatic carbocycles. The molecule has 6 aliphatic heterocycles. The number of carboxylic acids is 1. The van der Waals surface area contributed by atoms with Crippen molar-refractivity contribution in [2.75, 3.05) is 56.7 Å². The Labute approximate surface area is 736 Å². The van der Waals surface area contributed by atoms with E-state index < -0.39 is 193 Å². The molecule has 38 N–H and O–H groups in total. The molecule has 720 valence electrons. The number of hydrogen-bond acceptors (Lipinski definition) is 50. The standard InChI is InChI=1S/C10H12N5O7P.C10H12N5O6P.C10H13N5O4.C10H12N4O5.C9H11NO4.C8H11NO3.C8H11NO2.C6H12O6/c11-10-13-7-4(8(17)14-10)12-2-15(7)9-5(16)6-3(21-9)1-20-23(18,19)22-6;11-8-5-9(13-2-12-8)15(3-14-5)10-6(16)7-4(20-10)1-19-22(17,18)21-7;11-8-5-9(13-2-12-8)15(3-14-5)10-7(18)6(17)4(1-16)19-10;15-1-4-6(16)7(17)10(19-4)14-3-13-5-8(14)11-2-12-9(5)18;10-6(9(13)14)3-5-1-2-7(11)8(12)4-5;9-4-8(12)5-1-2-6(10)7(11)3-5;9-4-3-6-1-2-7(10)8(11)5-6;7-1-2(8)4(10)6(12)5(11)3(1)9/h2-3,5-6,9,16H,1H2,(H,18,19)(H3,11,13,14,17);2-4,6-7,10,16H,1H2,(H,17,18)(H2,11,12,13);2-4,6-7,10,16-18H,1H2,(H2,11,12,13);2-4,6-7,10,15-17H,1H2,(H,11,12,18);1-2,4,6,11-12H,3,10H2,(H,13,14);1-3,8,10-12H,4,9H2;1-2,5,10-11H,3-4,9H2;1-12H/t3-,5-,6-,9-;3*4-,6-,7-,10-;6-;8-;;/m111100../s1. The number of nitrogen functional groups attached to an aromatic ring is 3. The zero-order valence-corrected chi connectivity index (χ0v) is 69.7. The summed E-state index contributed by atoms with van der Waals surface area (Å²) in [5, 5.41) is 204. The van der Waals surface area contributed by atoms with Crippen LogP contribution in [-0.2, 0) is 63.8 Å². The first-order valence-electron chi connectivity index (χ1n) is 38.8. The summed E-state index contributed by atoms with van der Waals surface area (Å²) in [7, 11) is -8.38. The predicted octanol–water partition coefficient (Wildman–Crippen LogP) is -9.68. The smallest absolute Gasteiger partial charge is 0.472 e. The third kappa shape index (κ3) is 22.7. The number of nitrogens with two attached hydrogens (primary N) is 6. The van der Waals surface area contributed by atoms with Crippen molar-refractivity contribution in [3.05, 3.63) is 136 Å². The zero-order valence-electron chi connectivity index (χ0n) is 67.9. The summed E-state index contributed by atoms with van der Waals surface area (Å²) in [5.74, 6) is -1.95. The molecule has 2 unspecified atom stereocenters. The molecule has 1 saturated carbocycles. The molecular weight excluding hydrogens is 1810 g/mol. The van der Waals surface area contributed by atoms with E-state index in [2.05, 4.69) is 68.9 Å². The van der Waals surface area contributed by atoms with Crippen LogP contribution in [0.3, 0.4) is 0 Å². The molecule has 132 heavy (non-hydrogen) atoms. The van der Waals surface area contributed by atoms with Gasteiger partial charge in [0.25, 0.3) is 11.1 Å². The number of aliphatic hydroxyl groups excluding tert-OH is 15. The number of aliphatic carboxylic acids is 1. The largest absolute Gasteiger partial charge is 0.504 e. The molecule has 59 nitrogen and oxygen atoms in total. The lowest BCUT2D eigenvalue weighted by molar-refractivity contribution is -0.223. The number of phosphoric ester groups is 2. The number of phosphoric acid groups is 2. The number of fused-ring (bicyclic) bond motifs is 6. The van der Waals surface area contributed by atoms with Gasteiger partial charge in [0.1, 0.15) is 140 Å². The predicted molar refractivity (Wildman–Crippen MR) is 439 cm³/mol. The number of carbonyl (C=O) groups is 1. The second-order valence-electron chi connectivity index (χ2n) is 29.5. The van der Waals surface area contributed by atoms with E-state index in [1.165, 1.54) is 111 Å². The number of imidazole rings is 4. The number of H-pyrrole nitrogens is 2. The zero-order chi connectivity index (χ0) is 96.6. The van der Waals surface area contributed by atoms with Crippen molar-refractivity contribution in [1.29, 1.82) is 0 Å². The number of benzene rings is 3. The van der Waals surface area contributed by atoms with Crippen LogP contribution in [0.4, 0.5) is 17.6 Å². The Morgan fingerprint density at radius 1 is 0.477 bits per heavy atom. The first-order chi connectivity index (χ1) is 62.4. The number of rotatable bonds is 13. The molecule has 11 aromatic rings. The molecule has 61 heteroatoms. The molecule has 0 bridgehead atoms. The highest BCUT2D eigenvalue weighted by molar-refractivity contribution is 7.47. The van der Waals surface area contributed by atoms with Crippen LogP contribution in [0.1, 0.15) is 47.7 Å². The summed E-state index contributed by atoms with van der Waals surface area (Å²) >= 11 is 0. The fourth-order valence-corrected chi connectivity index (χ4v) is 15.6. The van der Waals surface area contributed by atoms with E-state index in [0.717, 1.165) is 5.56 Å². The van der Waals surface area contributed by atoms with Gasteiger partial charge in [-0.05, 0) is 72.5 Å². The molecule has 20 atom stereocenters. The summed E-state index contributed by atoms with van der Waals surface area (Å²) in [6.07, 6.45) is -16.9. The van der Waals surface area contributed by atoms with Gasteiger partial charge in [0.15, 0.2) is 105 Å². The fourth-order valence-electron chi connectivity index (χ4n) is 13.7. The molecule has 8 aromatic heterocycles. The van der Waals surface area contributed by atoms with Gasteiger partial charge in [0, 0.05) is 6.54 Å². The number of phenols is 6. The summed E-state index contributed by atoms with van der Waals surface area (Å²) in [5.41, 5.74) is 35.7. The number of aromatic amines is 2. The number of hydrogen-bond donors (Lipinski definition) is 32. The number of carboxylic acid groups (broad SMARTS) is 1. The molecule has 6 saturated heterocycles. The lowest BCUT2D eigenvalue weighted by Crippen LogP contribution is -2.63. The second-order valence-corrected chi connectivity index (χ2v) is 32.3. The van der Waals surface area contributed by atoms with E-state index in [1.54, 1.807) is 6.07 Å². The van der Waals surface area contributed by atoms with Crippen LogP contribution in [0.15, 0.2) is 108 Å². The first-order valence-corrected chi connectivity index (χ1v) is 41.8. The van der Waals surface area contributed by atoms with Gasteiger partial charge in [0.2, 0.25) is 5.95 Å². The minimum Gasteiger partial charge on any atom is -0.504 e. The number of aromatic nitrogens is 16. The lowest BCUT2D eigenvalue weighted by atomic mass is 9.85. The van der Waals surface area contributed by atoms with Crippen molar-refractivity contribution in [3.63, 3.8) is 0 Å². The molecule has 14 heterocycles. The van der Waals surface area contributed by atoms with Gasteiger partial charge in [-0.2, -0.15) is 4.98 Å². The van der Waals surface area contributed by atoms with Crippen LogP contribution in [0.25, 0.3) is 44.7 Å². The lowest BCUT2D eigenvalue weighted by Gasteiger charge is -2.39. The van der Waals surface area contributed by atoms with E-state index >= 15 is 0 Å². The topological polar surface area (TPSA) is 981 Å². The minimum absolute atomic E-state index is 0.0230. The van der Waals surface area contributed by atoms with E-state index in [0.29, 0.717) is 46.4 Å². The van der Waals surface area contributed by atoms with E-state index in [9.17, 15) is 69.0 Å². The van der Waals surface area contributed by atoms with Gasteiger partial charge in [0.05, 0.1) is 64.2 Å². The number of aromatic hydroxyl groups is 6. The van der Waals surface area contributed by atoms with Crippen molar-refractivity contribution in [2.45, 2.75) is 160 Å². The van der Waals surface area contributed by atoms with Gasteiger partial charge in [-0.25, -0.2) is 54.0 Å². The van der Waals surface area contributed by atoms with Crippen LogP contribution >= 0.6 is 15.6 Å².